The van der Waals surface area contributed by atoms with E-state index in [9.17, 15) is 9.59 Å². The maximum absolute atomic E-state index is 11.8. The van der Waals surface area contributed by atoms with E-state index in [1.165, 1.54) is 12.6 Å². The molecule has 0 unspecified atom stereocenters. The number of alkyl halides is 1. The average molecular weight is 346 g/mol. The lowest BCUT2D eigenvalue weighted by molar-refractivity contribution is -0.123. The summed E-state index contributed by atoms with van der Waals surface area (Å²) in [5, 5.41) is 5.03. The lowest BCUT2D eigenvalue weighted by Crippen LogP contribution is -2.35. The van der Waals surface area contributed by atoms with E-state index in [4.69, 9.17) is 0 Å². The molecule has 0 bridgehead atoms. The maximum atomic E-state index is 11.8. The molecular weight excluding hydrogens is 331 g/mol. The lowest BCUT2D eigenvalue weighted by Gasteiger charge is -2.05. The predicted octanol–water partition coefficient (Wildman–Crippen LogP) is 1.10. The van der Waals surface area contributed by atoms with Crippen LogP contribution < -0.4 is 10.6 Å². The van der Waals surface area contributed by atoms with Crippen LogP contribution in [0.5, 0.6) is 0 Å². The molecule has 0 aromatic rings. The number of halogens is 1. The Morgan fingerprint density at radius 1 is 1.47 bits per heavy atom. The van der Waals surface area contributed by atoms with E-state index in [1.54, 1.807) is 6.08 Å². The first kappa shape index (κ1) is 14.0. The Kier molecular flexibility index (Phi) is 5.96. The molecule has 1 aliphatic rings. The highest BCUT2D eigenvalue weighted by Crippen LogP contribution is 2.14. The van der Waals surface area contributed by atoms with Gasteiger partial charge in [0.25, 0.3) is 5.91 Å². The van der Waals surface area contributed by atoms with Crippen molar-refractivity contribution in [2.75, 3.05) is 18.0 Å². The van der Waals surface area contributed by atoms with Crippen LogP contribution in [0.4, 0.5) is 0 Å². The molecule has 0 heterocycles. The molecule has 0 aromatic carbocycles. The van der Waals surface area contributed by atoms with Crippen molar-refractivity contribution in [1.29, 1.82) is 0 Å². The summed E-state index contributed by atoms with van der Waals surface area (Å²) >= 11 is 2.27. The maximum Gasteiger partial charge on any atom is 0.251 e. The van der Waals surface area contributed by atoms with Crippen LogP contribution in [0.25, 0.3) is 0 Å². The van der Waals surface area contributed by atoms with Gasteiger partial charge in [-0.3, -0.25) is 9.59 Å². The summed E-state index contributed by atoms with van der Waals surface area (Å²) in [6.07, 6.45) is 8.39. The zero-order valence-corrected chi connectivity index (χ0v) is 11.8. The van der Waals surface area contributed by atoms with E-state index in [1.807, 2.05) is 18.2 Å². The number of nitrogens with one attached hydrogen (secondary N) is 2. The second-order valence-electron chi connectivity index (χ2n) is 3.55. The van der Waals surface area contributed by atoms with Gasteiger partial charge < -0.3 is 10.6 Å². The molecule has 0 atom stereocenters. The van der Waals surface area contributed by atoms with E-state index < -0.39 is 0 Å². The van der Waals surface area contributed by atoms with Gasteiger partial charge in [-0.25, -0.2) is 0 Å². The fourth-order valence-electron chi connectivity index (χ4n) is 1.30. The van der Waals surface area contributed by atoms with E-state index in [0.717, 1.165) is 10.8 Å². The van der Waals surface area contributed by atoms with Gasteiger partial charge in [-0.15, -0.1) is 0 Å². The van der Waals surface area contributed by atoms with Crippen molar-refractivity contribution in [1.82, 2.24) is 10.6 Å². The quantitative estimate of drug-likeness (QED) is 0.592. The van der Waals surface area contributed by atoms with Crippen molar-refractivity contribution >= 4 is 34.4 Å². The second-order valence-corrected chi connectivity index (χ2v) is 4.31. The first-order valence-corrected chi connectivity index (χ1v) is 6.81. The molecule has 2 N–H and O–H groups in total. The Balaban J connectivity index is 2.64. The monoisotopic (exact) mass is 346 g/mol. The Morgan fingerprint density at radius 2 is 2.24 bits per heavy atom. The zero-order valence-electron chi connectivity index (χ0n) is 9.63. The Hall–Kier alpha value is -1.11. The summed E-state index contributed by atoms with van der Waals surface area (Å²) in [7, 11) is 1.54. The number of likely N-dealkylation sites (N-methyl/N-ethyl adjacent to an activating group) is 1. The first-order valence-electron chi connectivity index (χ1n) is 5.28. The molecular formula is C12H15IN2O2. The van der Waals surface area contributed by atoms with Crippen LogP contribution in [-0.2, 0) is 9.59 Å². The minimum absolute atomic E-state index is 0.00377. The van der Waals surface area contributed by atoms with Gasteiger partial charge >= 0.3 is 0 Å². The molecule has 1 aliphatic carbocycles. The molecule has 0 saturated heterocycles. The highest BCUT2D eigenvalue weighted by molar-refractivity contribution is 14.1. The van der Waals surface area contributed by atoms with Crippen LogP contribution in [-0.4, -0.2) is 29.8 Å². The average Bonchev–Trinajstić information content (AvgIpc) is 2.60. The number of carbonyl (C=O) groups excluding carboxylic acids is 2. The molecule has 4 nitrogen and oxygen atoms in total. The standard InChI is InChI=1S/C12H15IN2O2/c1-14-11(16)8-15-12(17)10-5-3-2-4-9(6-10)7-13/h2-3,5-6H,4,7-8H2,1H3,(H,14,16)(H,15,17). The summed E-state index contributed by atoms with van der Waals surface area (Å²) in [6.45, 7) is 0.00377. The van der Waals surface area contributed by atoms with Gasteiger partial charge in [0.15, 0.2) is 0 Å². The van der Waals surface area contributed by atoms with Crippen molar-refractivity contribution in [2.45, 2.75) is 6.42 Å². The van der Waals surface area contributed by atoms with Crippen LogP contribution in [0.2, 0.25) is 0 Å². The van der Waals surface area contributed by atoms with Crippen molar-refractivity contribution in [3.05, 3.63) is 35.5 Å². The molecule has 92 valence electrons. The van der Waals surface area contributed by atoms with Crippen molar-refractivity contribution < 1.29 is 9.59 Å². The molecule has 1 rings (SSSR count). The van der Waals surface area contributed by atoms with Gasteiger partial charge in [-0.2, -0.15) is 0 Å². The van der Waals surface area contributed by atoms with E-state index >= 15 is 0 Å². The summed E-state index contributed by atoms with van der Waals surface area (Å²) in [6, 6.07) is 0. The predicted molar refractivity (Wildman–Crippen MR) is 75.9 cm³/mol. The van der Waals surface area contributed by atoms with Crippen LogP contribution in [0, 0.1) is 0 Å². The van der Waals surface area contributed by atoms with Gasteiger partial charge in [0.1, 0.15) is 0 Å². The lowest BCUT2D eigenvalue weighted by atomic mass is 10.1. The fraction of sp³-hybridized carbons (Fsp3) is 0.333. The molecule has 2 amide bonds. The minimum Gasteiger partial charge on any atom is -0.358 e. The van der Waals surface area contributed by atoms with Gasteiger partial charge in [0.05, 0.1) is 6.54 Å². The summed E-state index contributed by atoms with van der Waals surface area (Å²) in [5.74, 6) is -0.427. The smallest absolute Gasteiger partial charge is 0.251 e. The molecule has 0 radical (unpaired) electrons. The molecule has 5 heteroatoms. The van der Waals surface area contributed by atoms with Gasteiger partial charge in [-0.05, 0) is 18.6 Å². The number of carbonyl (C=O) groups is 2. The second kappa shape index (κ2) is 7.26. The third kappa shape index (κ3) is 4.72. The van der Waals surface area contributed by atoms with Crippen LogP contribution in [0.3, 0.4) is 0 Å². The topological polar surface area (TPSA) is 58.2 Å². The van der Waals surface area contributed by atoms with E-state index in [-0.39, 0.29) is 18.4 Å². The molecule has 0 spiro atoms. The van der Waals surface area contributed by atoms with Gasteiger partial charge in [-0.1, -0.05) is 40.3 Å². The first-order chi connectivity index (χ1) is 8.17. The minimum atomic E-state index is -0.220. The largest absolute Gasteiger partial charge is 0.358 e. The number of hydrogen-bond acceptors (Lipinski definition) is 2. The fourth-order valence-corrected chi connectivity index (χ4v) is 1.84. The molecule has 0 aliphatic heterocycles. The van der Waals surface area contributed by atoms with Crippen LogP contribution >= 0.6 is 22.6 Å². The van der Waals surface area contributed by atoms with Crippen LogP contribution in [0.15, 0.2) is 35.5 Å². The van der Waals surface area contributed by atoms with Crippen molar-refractivity contribution in [3.8, 4) is 0 Å². The van der Waals surface area contributed by atoms with Gasteiger partial charge in [0, 0.05) is 17.0 Å². The van der Waals surface area contributed by atoms with Crippen LogP contribution in [0.1, 0.15) is 6.42 Å². The van der Waals surface area contributed by atoms with Crippen molar-refractivity contribution in [2.24, 2.45) is 0 Å². The number of hydrogen-bond donors (Lipinski definition) is 2. The summed E-state index contributed by atoms with van der Waals surface area (Å²) in [5.41, 5.74) is 1.79. The summed E-state index contributed by atoms with van der Waals surface area (Å²) < 4.78 is 0.891. The molecule has 0 fully saturated rings. The number of amides is 2. The third-order valence-corrected chi connectivity index (χ3v) is 3.25. The Bertz CT molecular complexity index is 397. The van der Waals surface area contributed by atoms with E-state index in [0.29, 0.717) is 5.57 Å². The number of allylic oxidation sites excluding steroid dienone is 4. The SMILES string of the molecule is CNC(=O)CNC(=O)C1=CC=CCC(CI)=C1. The Labute approximate surface area is 114 Å². The zero-order chi connectivity index (χ0) is 12.7. The summed E-state index contributed by atoms with van der Waals surface area (Å²) in [4.78, 5) is 22.8. The van der Waals surface area contributed by atoms with Gasteiger partial charge in [0.2, 0.25) is 5.91 Å². The normalized spacial score (nSPS) is 14.5. The number of rotatable bonds is 4. The highest BCUT2D eigenvalue weighted by atomic mass is 127. The molecule has 17 heavy (non-hydrogen) atoms. The molecule has 0 aromatic heterocycles. The third-order valence-electron chi connectivity index (χ3n) is 2.27. The highest BCUT2D eigenvalue weighted by Gasteiger charge is 2.09. The van der Waals surface area contributed by atoms with E-state index in [2.05, 4.69) is 33.2 Å². The Morgan fingerprint density at radius 3 is 2.88 bits per heavy atom. The van der Waals surface area contributed by atoms with Crippen molar-refractivity contribution in [3.63, 3.8) is 0 Å². The molecule has 0 saturated carbocycles.